The molecule has 0 saturated heterocycles. The van der Waals surface area contributed by atoms with Crippen LogP contribution in [0, 0.1) is 39.7 Å². The highest BCUT2D eigenvalue weighted by molar-refractivity contribution is 7.96. The topological polar surface area (TPSA) is 138 Å². The Bertz CT molecular complexity index is 884. The van der Waals surface area contributed by atoms with Gasteiger partial charge in [-0.25, -0.2) is 14.3 Å². The van der Waals surface area contributed by atoms with Gasteiger partial charge < -0.3 is 18.9 Å². The highest BCUT2D eigenvalue weighted by Gasteiger charge is 2.49. The summed E-state index contributed by atoms with van der Waals surface area (Å²) in [4.78, 5) is 33.4. The lowest BCUT2D eigenvalue weighted by Crippen LogP contribution is -2.25. The fourth-order valence-corrected chi connectivity index (χ4v) is 4.17. The molecule has 0 heterocycles. The van der Waals surface area contributed by atoms with E-state index in [9.17, 15) is 19.7 Å². The summed E-state index contributed by atoms with van der Waals surface area (Å²) in [6.45, 7) is 1.37. The molecular weight excluding hydrogens is 466 g/mol. The first-order valence-electron chi connectivity index (χ1n) is 11.0. The Morgan fingerprint density at radius 2 is 1.76 bits per heavy atom. The smallest absolute Gasteiger partial charge is 0.449 e. The van der Waals surface area contributed by atoms with Crippen LogP contribution in [0.3, 0.4) is 0 Å². The van der Waals surface area contributed by atoms with Gasteiger partial charge >= 0.3 is 12.2 Å². The number of nitro benzene ring substituents is 1. The number of hydrogen-bond acceptors (Lipinski definition) is 10. The SMILES string of the molecule is O=C(NSNCCOCCOC(=O)Oc1ccc([N+](=O)[O-])cc1)OC[C@@H]1[C@@H]2CCC#CCC[C@@H]21. The summed E-state index contributed by atoms with van der Waals surface area (Å²) >= 11 is 1.02. The maximum atomic E-state index is 11.8. The van der Waals surface area contributed by atoms with E-state index in [1.165, 1.54) is 24.3 Å². The molecule has 2 aliphatic carbocycles. The van der Waals surface area contributed by atoms with Gasteiger partial charge in [0, 0.05) is 43.7 Å². The molecule has 184 valence electrons. The fourth-order valence-electron chi connectivity index (χ4n) is 3.77. The van der Waals surface area contributed by atoms with Gasteiger partial charge in [0.05, 0.1) is 24.7 Å². The molecule has 0 spiro atoms. The summed E-state index contributed by atoms with van der Waals surface area (Å²) in [6, 6.07) is 5.06. The number of fused-ring (bicyclic) bond motifs is 1. The Hall–Kier alpha value is -3.01. The second-order valence-corrected chi connectivity index (χ2v) is 8.38. The summed E-state index contributed by atoms with van der Waals surface area (Å²) < 4.78 is 25.8. The Kier molecular flexibility index (Phi) is 10.3. The van der Waals surface area contributed by atoms with Crippen LogP contribution in [0.15, 0.2) is 24.3 Å². The molecule has 0 aliphatic heterocycles. The van der Waals surface area contributed by atoms with Gasteiger partial charge in [-0.2, -0.15) is 0 Å². The lowest BCUT2D eigenvalue weighted by molar-refractivity contribution is -0.384. The second kappa shape index (κ2) is 13.6. The van der Waals surface area contributed by atoms with Crippen molar-refractivity contribution < 1.29 is 33.5 Å². The van der Waals surface area contributed by atoms with E-state index >= 15 is 0 Å². The summed E-state index contributed by atoms with van der Waals surface area (Å²) in [6.07, 6.45) is 2.65. The Morgan fingerprint density at radius 1 is 1.06 bits per heavy atom. The molecule has 3 atom stereocenters. The van der Waals surface area contributed by atoms with Crippen LogP contribution < -0.4 is 14.2 Å². The number of rotatable bonds is 12. The third kappa shape index (κ3) is 8.74. The molecule has 0 radical (unpaired) electrons. The van der Waals surface area contributed by atoms with E-state index in [0.717, 1.165) is 37.8 Å². The Labute approximate surface area is 201 Å². The molecule has 1 saturated carbocycles. The number of ether oxygens (including phenoxy) is 4. The van der Waals surface area contributed by atoms with E-state index in [1.807, 2.05) is 0 Å². The lowest BCUT2D eigenvalue weighted by atomic mass is 10.1. The van der Waals surface area contributed by atoms with Crippen molar-refractivity contribution in [3.63, 3.8) is 0 Å². The van der Waals surface area contributed by atoms with Crippen LogP contribution in [0.4, 0.5) is 15.3 Å². The molecule has 2 N–H and O–H groups in total. The highest BCUT2D eigenvalue weighted by atomic mass is 32.2. The number of benzene rings is 1. The van der Waals surface area contributed by atoms with Crippen molar-refractivity contribution in [1.29, 1.82) is 0 Å². The van der Waals surface area contributed by atoms with Crippen molar-refractivity contribution in [3.8, 4) is 17.6 Å². The molecule has 11 nitrogen and oxygen atoms in total. The maximum absolute atomic E-state index is 11.8. The van der Waals surface area contributed by atoms with Gasteiger partial charge in [0.1, 0.15) is 12.4 Å². The van der Waals surface area contributed by atoms with Crippen LogP contribution in [-0.2, 0) is 14.2 Å². The van der Waals surface area contributed by atoms with E-state index < -0.39 is 17.2 Å². The van der Waals surface area contributed by atoms with Crippen molar-refractivity contribution in [3.05, 3.63) is 34.4 Å². The first-order valence-corrected chi connectivity index (χ1v) is 11.8. The van der Waals surface area contributed by atoms with Crippen molar-refractivity contribution in [2.24, 2.45) is 17.8 Å². The van der Waals surface area contributed by atoms with E-state index in [0.29, 0.717) is 37.5 Å². The lowest BCUT2D eigenvalue weighted by Gasteiger charge is -2.08. The first-order chi connectivity index (χ1) is 16.5. The van der Waals surface area contributed by atoms with Crippen LogP contribution in [-0.4, -0.2) is 50.1 Å². The number of amides is 1. The minimum absolute atomic E-state index is 0.0151. The largest absolute Gasteiger partial charge is 0.513 e. The van der Waals surface area contributed by atoms with E-state index in [-0.39, 0.29) is 24.7 Å². The Balaban J connectivity index is 1.12. The van der Waals surface area contributed by atoms with Gasteiger partial charge in [-0.1, -0.05) is 0 Å². The summed E-state index contributed by atoms with van der Waals surface area (Å²) in [5.41, 5.74) is -0.106. The quantitative estimate of drug-likeness (QED) is 0.0847. The average molecular weight is 494 g/mol. The third-order valence-electron chi connectivity index (χ3n) is 5.50. The van der Waals surface area contributed by atoms with E-state index in [2.05, 4.69) is 21.3 Å². The van der Waals surface area contributed by atoms with Crippen LogP contribution in [0.5, 0.6) is 5.75 Å². The molecule has 1 fully saturated rings. The molecule has 0 aromatic heterocycles. The van der Waals surface area contributed by atoms with Gasteiger partial charge in [-0.15, -0.1) is 11.8 Å². The molecule has 1 aromatic carbocycles. The zero-order valence-electron chi connectivity index (χ0n) is 18.5. The zero-order chi connectivity index (χ0) is 24.2. The molecule has 1 amide bonds. The number of hydrogen-bond donors (Lipinski definition) is 2. The number of nitrogens with zero attached hydrogens (tertiary/aromatic N) is 1. The normalized spacial score (nSPS) is 20.4. The number of carbonyl (C=O) groups excluding carboxylic acids is 2. The molecule has 1 aromatic rings. The molecule has 2 aliphatic rings. The van der Waals surface area contributed by atoms with Crippen LogP contribution in [0.2, 0.25) is 0 Å². The molecular formula is C22H27N3O8S. The van der Waals surface area contributed by atoms with Crippen molar-refractivity contribution in [2.75, 3.05) is 33.0 Å². The summed E-state index contributed by atoms with van der Waals surface area (Å²) in [5.74, 6) is 8.20. The Morgan fingerprint density at radius 3 is 2.44 bits per heavy atom. The van der Waals surface area contributed by atoms with Crippen LogP contribution in [0.25, 0.3) is 0 Å². The summed E-state index contributed by atoms with van der Waals surface area (Å²) in [7, 11) is 0. The predicted molar refractivity (Wildman–Crippen MR) is 123 cm³/mol. The minimum Gasteiger partial charge on any atom is -0.449 e. The van der Waals surface area contributed by atoms with Gasteiger partial charge in [0.15, 0.2) is 0 Å². The standard InChI is InChI=1S/C22H27N3O8S/c26-21(32-15-20-18-5-3-1-2-4-6-19(18)20)24-34-23-11-12-30-13-14-31-22(27)33-17-9-7-16(8-10-17)25(28)29/h7-10,18-20,23H,3-6,11-15H2,(H,24,26)/t18-,19+,20-. The van der Waals surface area contributed by atoms with Crippen molar-refractivity contribution >= 4 is 30.1 Å². The molecule has 0 unspecified atom stereocenters. The average Bonchev–Trinajstić information content (AvgIpc) is 3.45. The van der Waals surface area contributed by atoms with E-state index in [4.69, 9.17) is 18.9 Å². The third-order valence-corrected chi connectivity index (χ3v) is 6.11. The van der Waals surface area contributed by atoms with Crippen LogP contribution >= 0.6 is 12.1 Å². The molecule has 3 rings (SSSR count). The van der Waals surface area contributed by atoms with Crippen molar-refractivity contribution in [1.82, 2.24) is 9.44 Å². The minimum atomic E-state index is -0.932. The predicted octanol–water partition coefficient (Wildman–Crippen LogP) is 3.45. The van der Waals surface area contributed by atoms with Crippen molar-refractivity contribution in [2.45, 2.75) is 25.7 Å². The van der Waals surface area contributed by atoms with Crippen LogP contribution in [0.1, 0.15) is 25.7 Å². The first kappa shape index (κ1) is 25.6. The van der Waals surface area contributed by atoms with Gasteiger partial charge in [0.2, 0.25) is 0 Å². The highest BCUT2D eigenvalue weighted by Crippen LogP contribution is 2.52. The number of nitrogens with one attached hydrogen (secondary N) is 2. The molecule has 12 heteroatoms. The fraction of sp³-hybridized carbons (Fsp3) is 0.545. The summed E-state index contributed by atoms with van der Waals surface area (Å²) in [5, 5.41) is 10.6. The number of carbonyl (C=O) groups is 2. The second-order valence-electron chi connectivity index (χ2n) is 7.68. The van der Waals surface area contributed by atoms with E-state index in [1.54, 1.807) is 0 Å². The molecule has 34 heavy (non-hydrogen) atoms. The number of nitro groups is 1. The molecule has 0 bridgehead atoms. The maximum Gasteiger partial charge on any atom is 0.513 e. The number of non-ortho nitro benzene ring substituents is 1. The van der Waals surface area contributed by atoms with Gasteiger partial charge in [0.25, 0.3) is 5.69 Å². The zero-order valence-corrected chi connectivity index (χ0v) is 19.3. The monoisotopic (exact) mass is 493 g/mol. The van der Waals surface area contributed by atoms with Gasteiger partial charge in [-0.05, 0) is 42.7 Å². The van der Waals surface area contributed by atoms with Gasteiger partial charge in [-0.3, -0.25) is 14.8 Å².